The summed E-state index contributed by atoms with van der Waals surface area (Å²) in [5.41, 5.74) is 0.427. The summed E-state index contributed by atoms with van der Waals surface area (Å²) in [6.07, 6.45) is 0.310. The molecule has 0 heterocycles. The number of amides is 1. The van der Waals surface area contributed by atoms with Crippen LogP contribution in [-0.2, 0) is 4.79 Å². The number of carbonyl (C=O) groups excluding carboxylic acids is 1. The van der Waals surface area contributed by atoms with Crippen LogP contribution in [0.15, 0.2) is 24.3 Å². The summed E-state index contributed by atoms with van der Waals surface area (Å²) in [5.74, 6) is -1.26. The number of hydrogen-bond acceptors (Lipinski definition) is 3. The van der Waals surface area contributed by atoms with Crippen molar-refractivity contribution >= 4 is 17.6 Å². The highest BCUT2D eigenvalue weighted by Gasteiger charge is 2.10. The van der Waals surface area contributed by atoms with Gasteiger partial charge in [-0.3, -0.25) is 4.79 Å². The zero-order chi connectivity index (χ0) is 12.0. The van der Waals surface area contributed by atoms with Crippen LogP contribution in [0.2, 0.25) is 0 Å². The van der Waals surface area contributed by atoms with Crippen LogP contribution >= 0.6 is 0 Å². The molecule has 0 unspecified atom stereocenters. The van der Waals surface area contributed by atoms with E-state index >= 15 is 0 Å². The van der Waals surface area contributed by atoms with Crippen LogP contribution in [0.5, 0.6) is 0 Å². The number of carboxylic acid groups (broad SMARTS) is 1. The molecule has 0 radical (unpaired) electrons. The molecule has 0 aliphatic carbocycles. The van der Waals surface area contributed by atoms with Gasteiger partial charge < -0.3 is 15.7 Å². The summed E-state index contributed by atoms with van der Waals surface area (Å²) in [7, 11) is 1.75. The van der Waals surface area contributed by atoms with Gasteiger partial charge in [0.15, 0.2) is 0 Å². The standard InChI is InChI=1S/C11H14N2O3/c1-12-7-6-10(14)13-9-5-3-2-4-8(9)11(15)16/h2-5,12H,6-7H2,1H3,(H,13,14)(H,15,16). The van der Waals surface area contributed by atoms with E-state index in [1.54, 1.807) is 25.2 Å². The molecule has 0 aliphatic rings. The minimum atomic E-state index is -1.05. The lowest BCUT2D eigenvalue weighted by molar-refractivity contribution is -0.116. The van der Waals surface area contributed by atoms with Gasteiger partial charge >= 0.3 is 5.97 Å². The highest BCUT2D eigenvalue weighted by atomic mass is 16.4. The minimum absolute atomic E-state index is 0.0975. The summed E-state index contributed by atoms with van der Waals surface area (Å²) < 4.78 is 0. The Morgan fingerprint density at radius 1 is 1.31 bits per heavy atom. The fourth-order valence-electron chi connectivity index (χ4n) is 1.23. The van der Waals surface area contributed by atoms with Gasteiger partial charge in [-0.15, -0.1) is 0 Å². The lowest BCUT2D eigenvalue weighted by Crippen LogP contribution is -2.19. The normalized spacial score (nSPS) is 9.81. The molecule has 1 aromatic carbocycles. The molecule has 0 saturated carbocycles. The molecule has 0 fully saturated rings. The van der Waals surface area contributed by atoms with Crippen molar-refractivity contribution in [3.8, 4) is 0 Å². The summed E-state index contributed by atoms with van der Waals surface area (Å²) >= 11 is 0. The third-order valence-electron chi connectivity index (χ3n) is 2.03. The second-order valence-corrected chi connectivity index (χ2v) is 3.25. The third kappa shape index (κ3) is 3.36. The van der Waals surface area contributed by atoms with E-state index in [1.807, 2.05) is 0 Å². The van der Waals surface area contributed by atoms with Crippen LogP contribution in [0.25, 0.3) is 0 Å². The quantitative estimate of drug-likeness (QED) is 0.692. The molecular weight excluding hydrogens is 208 g/mol. The van der Waals surface area contributed by atoms with Crippen LogP contribution in [0.4, 0.5) is 5.69 Å². The van der Waals surface area contributed by atoms with E-state index < -0.39 is 5.97 Å². The van der Waals surface area contributed by atoms with Gasteiger partial charge in [-0.05, 0) is 19.2 Å². The van der Waals surface area contributed by atoms with E-state index in [0.29, 0.717) is 18.7 Å². The maximum atomic E-state index is 11.4. The number of nitrogens with one attached hydrogen (secondary N) is 2. The lowest BCUT2D eigenvalue weighted by atomic mass is 10.2. The van der Waals surface area contributed by atoms with E-state index in [4.69, 9.17) is 5.11 Å². The van der Waals surface area contributed by atoms with Crippen LogP contribution < -0.4 is 10.6 Å². The average Bonchev–Trinajstić information content (AvgIpc) is 2.27. The Morgan fingerprint density at radius 2 is 2.00 bits per heavy atom. The molecule has 5 heteroatoms. The fraction of sp³-hybridized carbons (Fsp3) is 0.273. The highest BCUT2D eigenvalue weighted by Crippen LogP contribution is 2.14. The molecule has 1 rings (SSSR count). The SMILES string of the molecule is CNCCC(=O)Nc1ccccc1C(=O)O. The molecule has 0 spiro atoms. The largest absolute Gasteiger partial charge is 0.478 e. The van der Waals surface area contributed by atoms with Gasteiger partial charge in [-0.1, -0.05) is 12.1 Å². The van der Waals surface area contributed by atoms with Crippen molar-refractivity contribution in [3.63, 3.8) is 0 Å². The van der Waals surface area contributed by atoms with Gasteiger partial charge in [-0.25, -0.2) is 4.79 Å². The van der Waals surface area contributed by atoms with Crippen LogP contribution in [0.1, 0.15) is 16.8 Å². The van der Waals surface area contributed by atoms with Gasteiger partial charge in [-0.2, -0.15) is 0 Å². The Hall–Kier alpha value is -1.88. The molecule has 86 valence electrons. The monoisotopic (exact) mass is 222 g/mol. The number of benzene rings is 1. The number of rotatable bonds is 5. The summed E-state index contributed by atoms with van der Waals surface area (Å²) in [4.78, 5) is 22.3. The van der Waals surface area contributed by atoms with Crippen LogP contribution in [0, 0.1) is 0 Å². The summed E-state index contributed by atoms with van der Waals surface area (Å²) in [6.45, 7) is 0.557. The second-order valence-electron chi connectivity index (χ2n) is 3.25. The molecule has 1 aromatic rings. The molecular formula is C11H14N2O3. The first-order valence-electron chi connectivity index (χ1n) is 4.92. The Bertz CT molecular complexity index is 391. The zero-order valence-electron chi connectivity index (χ0n) is 8.99. The van der Waals surface area contributed by atoms with E-state index in [0.717, 1.165) is 0 Å². The van der Waals surface area contributed by atoms with Gasteiger partial charge in [0.2, 0.25) is 5.91 Å². The van der Waals surface area contributed by atoms with Crippen molar-refractivity contribution < 1.29 is 14.7 Å². The van der Waals surface area contributed by atoms with Crippen molar-refractivity contribution in [1.82, 2.24) is 5.32 Å². The molecule has 16 heavy (non-hydrogen) atoms. The first-order chi connectivity index (χ1) is 7.65. The zero-order valence-corrected chi connectivity index (χ0v) is 8.99. The molecule has 0 bridgehead atoms. The number of anilines is 1. The van der Waals surface area contributed by atoms with Gasteiger partial charge in [0, 0.05) is 13.0 Å². The maximum absolute atomic E-state index is 11.4. The molecule has 3 N–H and O–H groups in total. The van der Waals surface area contributed by atoms with Crippen molar-refractivity contribution in [2.45, 2.75) is 6.42 Å². The number of hydrogen-bond donors (Lipinski definition) is 3. The maximum Gasteiger partial charge on any atom is 0.337 e. The molecule has 0 saturated heterocycles. The average molecular weight is 222 g/mol. The van der Waals surface area contributed by atoms with Crippen molar-refractivity contribution in [2.75, 3.05) is 18.9 Å². The first-order valence-corrected chi connectivity index (χ1v) is 4.92. The van der Waals surface area contributed by atoms with E-state index in [1.165, 1.54) is 6.07 Å². The summed E-state index contributed by atoms with van der Waals surface area (Å²) in [5, 5.41) is 14.3. The summed E-state index contributed by atoms with van der Waals surface area (Å²) in [6, 6.07) is 6.32. The van der Waals surface area contributed by atoms with Crippen LogP contribution in [-0.4, -0.2) is 30.6 Å². The van der Waals surface area contributed by atoms with E-state index in [-0.39, 0.29) is 11.5 Å². The van der Waals surface area contributed by atoms with Crippen LogP contribution in [0.3, 0.4) is 0 Å². The lowest BCUT2D eigenvalue weighted by Gasteiger charge is -2.07. The predicted molar refractivity (Wildman–Crippen MR) is 60.6 cm³/mol. The van der Waals surface area contributed by atoms with Crippen molar-refractivity contribution in [2.24, 2.45) is 0 Å². The molecule has 0 aliphatic heterocycles. The third-order valence-corrected chi connectivity index (χ3v) is 2.03. The van der Waals surface area contributed by atoms with E-state index in [9.17, 15) is 9.59 Å². The highest BCUT2D eigenvalue weighted by molar-refractivity contribution is 6.00. The van der Waals surface area contributed by atoms with Gasteiger partial charge in [0.25, 0.3) is 0 Å². The minimum Gasteiger partial charge on any atom is -0.478 e. The smallest absolute Gasteiger partial charge is 0.337 e. The Balaban J connectivity index is 2.73. The predicted octanol–water partition coefficient (Wildman–Crippen LogP) is 0.933. The Morgan fingerprint density at radius 3 is 2.62 bits per heavy atom. The Labute approximate surface area is 93.5 Å². The van der Waals surface area contributed by atoms with E-state index in [2.05, 4.69) is 10.6 Å². The molecule has 5 nitrogen and oxygen atoms in total. The van der Waals surface area contributed by atoms with Crippen molar-refractivity contribution in [1.29, 1.82) is 0 Å². The van der Waals surface area contributed by atoms with Crippen molar-refractivity contribution in [3.05, 3.63) is 29.8 Å². The number of carboxylic acids is 1. The van der Waals surface area contributed by atoms with Gasteiger partial charge in [0.1, 0.15) is 0 Å². The molecule has 0 aromatic heterocycles. The molecule has 0 atom stereocenters. The van der Waals surface area contributed by atoms with Gasteiger partial charge in [0.05, 0.1) is 11.3 Å². The fourth-order valence-corrected chi connectivity index (χ4v) is 1.23. The number of carbonyl (C=O) groups is 2. The first kappa shape index (κ1) is 12.2. The number of para-hydroxylation sites is 1. The Kier molecular flexibility index (Phi) is 4.47. The second kappa shape index (κ2) is 5.87. The topological polar surface area (TPSA) is 78.4 Å². The number of aromatic carboxylic acids is 1. The molecule has 1 amide bonds.